The molecule has 1 aromatic carbocycles. The van der Waals surface area contributed by atoms with Gasteiger partial charge in [-0.3, -0.25) is 0 Å². The number of nitrogens with zero attached hydrogens (tertiary/aromatic N) is 1. The average molecular weight is 454 g/mol. The molecule has 1 spiro atoms. The number of methoxy groups -OCH3 is 1. The van der Waals surface area contributed by atoms with Crippen LogP contribution in [0.15, 0.2) is 27.1 Å². The highest BCUT2D eigenvalue weighted by Gasteiger charge is 2.52. The molecule has 5 heteroatoms. The van der Waals surface area contributed by atoms with Gasteiger partial charge in [0.15, 0.2) is 0 Å². The van der Waals surface area contributed by atoms with Crippen LogP contribution in [0.4, 0.5) is 0 Å². The van der Waals surface area contributed by atoms with Crippen molar-refractivity contribution in [2.24, 2.45) is 21.6 Å². The maximum absolute atomic E-state index is 13.0. The molecule has 1 aromatic rings. The minimum absolute atomic E-state index is 0.0286. The molecule has 2 aliphatic rings. The van der Waals surface area contributed by atoms with Crippen molar-refractivity contribution in [3.8, 4) is 0 Å². The van der Waals surface area contributed by atoms with Gasteiger partial charge in [0.05, 0.1) is 6.10 Å². The van der Waals surface area contributed by atoms with Crippen LogP contribution in [0.1, 0.15) is 65.0 Å². The zero-order valence-corrected chi connectivity index (χ0v) is 19.7. The summed E-state index contributed by atoms with van der Waals surface area (Å²) in [7, 11) is 1.84. The number of ether oxygens (including phenoxy) is 1. The van der Waals surface area contributed by atoms with Crippen molar-refractivity contribution in [2.45, 2.75) is 71.2 Å². The average Bonchev–Trinajstić information content (AvgIpc) is 2.86. The van der Waals surface area contributed by atoms with E-state index in [2.05, 4.69) is 48.0 Å². The lowest BCUT2D eigenvalue weighted by Crippen LogP contribution is -2.46. The zero-order valence-electron chi connectivity index (χ0n) is 17.3. The minimum atomic E-state index is -1.26. The van der Waals surface area contributed by atoms with Crippen molar-refractivity contribution in [2.75, 3.05) is 7.11 Å². The fraction of sp³-hybridized carbons (Fsp3) is 0.682. The van der Waals surface area contributed by atoms with Crippen molar-refractivity contribution in [3.63, 3.8) is 0 Å². The van der Waals surface area contributed by atoms with E-state index in [4.69, 9.17) is 9.13 Å². The lowest BCUT2D eigenvalue weighted by atomic mass is 9.62. The molecule has 0 aliphatic heterocycles. The summed E-state index contributed by atoms with van der Waals surface area (Å²) in [5.74, 6) is 0.963. The van der Waals surface area contributed by atoms with Crippen molar-refractivity contribution in [3.05, 3.63) is 33.8 Å². The van der Waals surface area contributed by atoms with Crippen LogP contribution in [0.25, 0.3) is 0 Å². The maximum atomic E-state index is 13.0. The third-order valence-corrected chi connectivity index (χ3v) is 8.13. The van der Waals surface area contributed by atoms with E-state index in [9.17, 15) is 4.55 Å². The molecule has 27 heavy (non-hydrogen) atoms. The molecular weight excluding hydrogens is 422 g/mol. The van der Waals surface area contributed by atoms with Crippen LogP contribution in [0.2, 0.25) is 0 Å². The first kappa shape index (κ1) is 21.4. The highest BCUT2D eigenvalue weighted by atomic mass is 79.9. The zero-order chi connectivity index (χ0) is 20.0. The summed E-state index contributed by atoms with van der Waals surface area (Å²) in [6.45, 7) is 10.5. The Bertz CT molecular complexity index is 730. The van der Waals surface area contributed by atoms with E-state index in [1.807, 2.05) is 27.9 Å². The van der Waals surface area contributed by atoms with Crippen LogP contribution < -0.4 is 0 Å². The van der Waals surface area contributed by atoms with E-state index in [1.165, 1.54) is 11.1 Å². The van der Waals surface area contributed by atoms with Gasteiger partial charge in [-0.25, -0.2) is 0 Å². The second kappa shape index (κ2) is 7.81. The monoisotopic (exact) mass is 453 g/mol. The van der Waals surface area contributed by atoms with Crippen LogP contribution >= 0.6 is 15.9 Å². The molecule has 0 amide bonds. The van der Waals surface area contributed by atoms with Gasteiger partial charge < -0.3 is 9.29 Å². The fourth-order valence-electron chi connectivity index (χ4n) is 5.06. The van der Waals surface area contributed by atoms with Crippen molar-refractivity contribution in [1.29, 1.82) is 0 Å². The lowest BCUT2D eigenvalue weighted by Gasteiger charge is -2.45. The normalized spacial score (nSPS) is 33.5. The first-order chi connectivity index (χ1) is 12.6. The fourth-order valence-corrected chi connectivity index (χ4v) is 6.15. The van der Waals surface area contributed by atoms with Gasteiger partial charge >= 0.3 is 0 Å². The molecule has 0 N–H and O–H groups in total. The predicted molar refractivity (Wildman–Crippen MR) is 118 cm³/mol. The molecule has 3 rings (SSSR count). The Morgan fingerprint density at radius 2 is 2.04 bits per heavy atom. The van der Waals surface area contributed by atoms with E-state index < -0.39 is 11.4 Å². The standard InChI is InChI=1S/C22H32BrNO2S/c1-7-15-12-22(11-14(2)19(15)26-6)13-16-8-9-17(23)10-18(16)20(22)24-27(25)21(3,4)5/h8-10,14-15,19H,7,11-13H2,1-6H3/b24-20-/t14-,15+,19+,22+,27-/m0/s1. The Balaban J connectivity index is 2.10. The van der Waals surface area contributed by atoms with Gasteiger partial charge in [-0.05, 0) is 69.6 Å². The van der Waals surface area contributed by atoms with E-state index >= 15 is 0 Å². The van der Waals surface area contributed by atoms with E-state index in [0.29, 0.717) is 17.9 Å². The molecule has 0 unspecified atom stereocenters. The van der Waals surface area contributed by atoms with Gasteiger partial charge in [0, 0.05) is 22.6 Å². The highest BCUT2D eigenvalue weighted by Crippen LogP contribution is 2.53. The number of halogens is 1. The molecule has 1 saturated carbocycles. The van der Waals surface area contributed by atoms with E-state index in [1.54, 1.807) is 0 Å². The molecular formula is C22H32BrNO2S. The lowest BCUT2D eigenvalue weighted by molar-refractivity contribution is -0.0419. The Morgan fingerprint density at radius 1 is 1.33 bits per heavy atom. The molecule has 0 aromatic heterocycles. The Morgan fingerprint density at radius 3 is 2.63 bits per heavy atom. The molecule has 0 radical (unpaired) electrons. The van der Waals surface area contributed by atoms with Gasteiger partial charge in [0.1, 0.15) is 21.8 Å². The topological polar surface area (TPSA) is 44.7 Å². The van der Waals surface area contributed by atoms with Crippen LogP contribution in [0, 0.1) is 17.3 Å². The van der Waals surface area contributed by atoms with Gasteiger partial charge in [-0.15, -0.1) is 0 Å². The SMILES string of the molecule is CC[C@@H]1C[C@@]2(Cc3ccc(Br)cc3/C2=N/[S@@+]([O-])C(C)(C)C)C[C@H](C)[C@H]1OC. The first-order valence-electron chi connectivity index (χ1n) is 9.94. The van der Waals surface area contributed by atoms with E-state index in [-0.39, 0.29) is 10.2 Å². The third kappa shape index (κ3) is 4.03. The second-order valence-electron chi connectivity index (χ2n) is 9.31. The maximum Gasteiger partial charge on any atom is 0.144 e. The molecule has 150 valence electrons. The van der Waals surface area contributed by atoms with Crippen molar-refractivity contribution in [1.82, 2.24) is 0 Å². The Hall–Kier alpha value is -0.360. The van der Waals surface area contributed by atoms with Gasteiger partial charge in [-0.2, -0.15) is 0 Å². The number of benzene rings is 1. The third-order valence-electron chi connectivity index (χ3n) is 6.24. The predicted octanol–water partition coefficient (Wildman–Crippen LogP) is 5.71. The van der Waals surface area contributed by atoms with Crippen LogP contribution in [-0.2, 0) is 22.5 Å². The largest absolute Gasteiger partial charge is 0.591 e. The molecule has 2 aliphatic carbocycles. The Kier molecular flexibility index (Phi) is 6.18. The molecule has 1 fully saturated rings. The highest BCUT2D eigenvalue weighted by molar-refractivity contribution is 9.10. The molecule has 3 nitrogen and oxygen atoms in total. The minimum Gasteiger partial charge on any atom is -0.591 e. The van der Waals surface area contributed by atoms with E-state index in [0.717, 1.165) is 35.9 Å². The summed E-state index contributed by atoms with van der Waals surface area (Å²) >= 11 is 2.36. The second-order valence-corrected chi connectivity index (χ2v) is 12.1. The van der Waals surface area contributed by atoms with Crippen LogP contribution in [0.3, 0.4) is 0 Å². The molecule has 0 heterocycles. The summed E-state index contributed by atoms with van der Waals surface area (Å²) in [4.78, 5) is 0. The summed E-state index contributed by atoms with van der Waals surface area (Å²) in [5.41, 5.74) is 3.55. The summed E-state index contributed by atoms with van der Waals surface area (Å²) in [5, 5.41) is 0. The quantitative estimate of drug-likeness (QED) is 0.549. The number of rotatable bonds is 3. The van der Waals surface area contributed by atoms with Gasteiger partial charge in [-0.1, -0.05) is 46.7 Å². The van der Waals surface area contributed by atoms with Crippen LogP contribution in [-0.4, -0.2) is 28.2 Å². The number of fused-ring (bicyclic) bond motifs is 1. The number of hydrogen-bond donors (Lipinski definition) is 0. The smallest absolute Gasteiger partial charge is 0.144 e. The Labute approximate surface area is 175 Å². The summed E-state index contributed by atoms with van der Waals surface area (Å²) in [6.07, 6.45) is 4.48. The molecule has 5 atom stereocenters. The number of hydrogen-bond acceptors (Lipinski definition) is 3. The molecule has 0 bridgehead atoms. The summed E-state index contributed by atoms with van der Waals surface area (Å²) < 4.78 is 24.4. The van der Waals surface area contributed by atoms with Crippen molar-refractivity contribution < 1.29 is 9.29 Å². The molecule has 0 saturated heterocycles. The van der Waals surface area contributed by atoms with Crippen LogP contribution in [0.5, 0.6) is 0 Å². The summed E-state index contributed by atoms with van der Waals surface area (Å²) in [6, 6.07) is 6.48. The van der Waals surface area contributed by atoms with Gasteiger partial charge in [0.2, 0.25) is 0 Å². The van der Waals surface area contributed by atoms with Crippen molar-refractivity contribution >= 4 is 33.0 Å². The first-order valence-corrected chi connectivity index (χ1v) is 11.8. The van der Waals surface area contributed by atoms with Gasteiger partial charge in [0.25, 0.3) is 0 Å².